The van der Waals surface area contributed by atoms with E-state index in [0.29, 0.717) is 11.3 Å². The van der Waals surface area contributed by atoms with Crippen molar-refractivity contribution in [2.75, 3.05) is 0 Å². The van der Waals surface area contributed by atoms with Gasteiger partial charge in [-0.05, 0) is 48.4 Å². The molecule has 1 atom stereocenters. The van der Waals surface area contributed by atoms with Crippen LogP contribution in [-0.4, -0.2) is 0 Å². The molecule has 0 spiro atoms. The van der Waals surface area contributed by atoms with Crippen LogP contribution in [-0.2, 0) is 5.75 Å². The average molecular weight is 340 g/mol. The lowest BCUT2D eigenvalue weighted by Crippen LogP contribution is -2.04. The van der Waals surface area contributed by atoms with Gasteiger partial charge in [0, 0.05) is 21.2 Å². The lowest BCUT2D eigenvalue weighted by atomic mass is 10.1. The van der Waals surface area contributed by atoms with Gasteiger partial charge in [0.2, 0.25) is 0 Å². The van der Waals surface area contributed by atoms with E-state index >= 15 is 0 Å². The van der Waals surface area contributed by atoms with Crippen LogP contribution in [0.1, 0.15) is 24.1 Å². The van der Waals surface area contributed by atoms with Gasteiger partial charge in [0.15, 0.2) is 0 Å². The number of nitrogens with two attached hydrogens (primary N) is 1. The molecule has 1 nitrogen and oxygen atoms in total. The maximum Gasteiger partial charge on any atom is 0.127 e. The SMILES string of the molecule is CC(N)c1cccc(SCc2cc(Br)ccc2F)c1. The summed E-state index contributed by atoms with van der Waals surface area (Å²) in [6.45, 7) is 1.96. The van der Waals surface area contributed by atoms with Crippen molar-refractivity contribution in [2.24, 2.45) is 5.73 Å². The van der Waals surface area contributed by atoms with E-state index < -0.39 is 0 Å². The molecule has 0 amide bonds. The second-order valence-electron chi connectivity index (χ2n) is 4.39. The highest BCUT2D eigenvalue weighted by Gasteiger charge is 2.05. The first-order valence-corrected chi connectivity index (χ1v) is 7.76. The Balaban J connectivity index is 2.10. The average Bonchev–Trinajstić information content (AvgIpc) is 2.40. The molecule has 0 aliphatic rings. The molecule has 0 bridgehead atoms. The van der Waals surface area contributed by atoms with Crippen molar-refractivity contribution in [1.29, 1.82) is 0 Å². The summed E-state index contributed by atoms with van der Waals surface area (Å²) in [5.41, 5.74) is 7.65. The van der Waals surface area contributed by atoms with Crippen LogP contribution in [0, 0.1) is 5.82 Å². The summed E-state index contributed by atoms with van der Waals surface area (Å²) in [4.78, 5) is 1.11. The first-order chi connectivity index (χ1) is 9.06. The Hall–Kier alpha value is -0.840. The molecule has 0 aromatic heterocycles. The molecule has 0 heterocycles. The number of hydrogen-bond donors (Lipinski definition) is 1. The Bertz CT molecular complexity index is 572. The van der Waals surface area contributed by atoms with Gasteiger partial charge in [-0.1, -0.05) is 28.1 Å². The predicted octanol–water partition coefficient (Wildman–Crippen LogP) is 4.90. The molecule has 0 saturated heterocycles. The third-order valence-electron chi connectivity index (χ3n) is 2.79. The predicted molar refractivity (Wildman–Crippen MR) is 82.7 cm³/mol. The van der Waals surface area contributed by atoms with Gasteiger partial charge < -0.3 is 5.73 Å². The van der Waals surface area contributed by atoms with Crippen LogP contribution < -0.4 is 5.73 Å². The van der Waals surface area contributed by atoms with Crippen molar-refractivity contribution in [3.05, 3.63) is 63.9 Å². The van der Waals surface area contributed by atoms with Crippen LogP contribution >= 0.6 is 27.7 Å². The summed E-state index contributed by atoms with van der Waals surface area (Å²) in [5.74, 6) is 0.437. The Morgan fingerprint density at radius 3 is 2.79 bits per heavy atom. The maximum atomic E-state index is 13.6. The minimum Gasteiger partial charge on any atom is -0.324 e. The second kappa shape index (κ2) is 6.55. The quantitative estimate of drug-likeness (QED) is 0.801. The monoisotopic (exact) mass is 339 g/mol. The van der Waals surface area contributed by atoms with Crippen molar-refractivity contribution < 1.29 is 4.39 Å². The van der Waals surface area contributed by atoms with Gasteiger partial charge in [-0.25, -0.2) is 4.39 Å². The maximum absolute atomic E-state index is 13.6. The van der Waals surface area contributed by atoms with Crippen LogP contribution in [0.4, 0.5) is 4.39 Å². The van der Waals surface area contributed by atoms with E-state index in [0.717, 1.165) is 14.9 Å². The fourth-order valence-electron chi connectivity index (χ4n) is 1.70. The van der Waals surface area contributed by atoms with Crippen molar-refractivity contribution in [1.82, 2.24) is 0 Å². The molecule has 0 aliphatic carbocycles. The highest BCUT2D eigenvalue weighted by atomic mass is 79.9. The van der Waals surface area contributed by atoms with Gasteiger partial charge >= 0.3 is 0 Å². The molecular formula is C15H15BrFNS. The lowest BCUT2D eigenvalue weighted by molar-refractivity contribution is 0.617. The molecule has 0 radical (unpaired) electrons. The Kier molecular flexibility index (Phi) is 5.02. The van der Waals surface area contributed by atoms with E-state index in [2.05, 4.69) is 22.0 Å². The van der Waals surface area contributed by atoms with E-state index in [4.69, 9.17) is 5.73 Å². The van der Waals surface area contributed by atoms with Crippen LogP contribution in [0.25, 0.3) is 0 Å². The fraction of sp³-hybridized carbons (Fsp3) is 0.200. The molecule has 0 aliphatic heterocycles. The van der Waals surface area contributed by atoms with Crippen molar-refractivity contribution in [3.8, 4) is 0 Å². The second-order valence-corrected chi connectivity index (χ2v) is 6.35. The van der Waals surface area contributed by atoms with E-state index in [9.17, 15) is 4.39 Å². The molecular weight excluding hydrogens is 325 g/mol. The third kappa shape index (κ3) is 4.06. The molecule has 2 N–H and O–H groups in total. The summed E-state index contributed by atoms with van der Waals surface area (Å²) in [5, 5.41) is 0. The van der Waals surface area contributed by atoms with E-state index in [-0.39, 0.29) is 11.9 Å². The molecule has 19 heavy (non-hydrogen) atoms. The van der Waals surface area contributed by atoms with Gasteiger partial charge in [-0.15, -0.1) is 11.8 Å². The molecule has 1 unspecified atom stereocenters. The minimum atomic E-state index is -0.168. The first-order valence-electron chi connectivity index (χ1n) is 5.98. The number of benzene rings is 2. The van der Waals surface area contributed by atoms with Crippen LogP contribution in [0.2, 0.25) is 0 Å². The first kappa shape index (κ1) is 14.6. The molecule has 0 saturated carbocycles. The van der Waals surface area contributed by atoms with Crippen LogP contribution in [0.15, 0.2) is 51.8 Å². The number of hydrogen-bond acceptors (Lipinski definition) is 2. The largest absolute Gasteiger partial charge is 0.324 e. The molecule has 2 aromatic rings. The standard InChI is InChI=1S/C15H15BrFNS/c1-10(18)11-3-2-4-14(8-11)19-9-12-7-13(16)5-6-15(12)17/h2-8,10H,9,18H2,1H3. The Labute approximate surface area is 125 Å². The molecule has 0 fully saturated rings. The Morgan fingerprint density at radius 2 is 2.05 bits per heavy atom. The van der Waals surface area contributed by atoms with Crippen molar-refractivity contribution in [2.45, 2.75) is 23.6 Å². The molecule has 2 aromatic carbocycles. The van der Waals surface area contributed by atoms with E-state index in [1.54, 1.807) is 17.8 Å². The van der Waals surface area contributed by atoms with E-state index in [1.807, 2.05) is 31.2 Å². The molecule has 2 rings (SSSR count). The highest BCUT2D eigenvalue weighted by molar-refractivity contribution is 9.10. The zero-order chi connectivity index (χ0) is 13.8. The summed E-state index contributed by atoms with van der Waals surface area (Å²) in [7, 11) is 0. The van der Waals surface area contributed by atoms with Gasteiger partial charge in [-0.2, -0.15) is 0 Å². The van der Waals surface area contributed by atoms with E-state index in [1.165, 1.54) is 6.07 Å². The van der Waals surface area contributed by atoms with Gasteiger partial charge in [0.05, 0.1) is 0 Å². The summed E-state index contributed by atoms with van der Waals surface area (Å²) in [6.07, 6.45) is 0. The van der Waals surface area contributed by atoms with Gasteiger partial charge in [0.25, 0.3) is 0 Å². The fourth-order valence-corrected chi connectivity index (χ4v) is 3.05. The zero-order valence-electron chi connectivity index (χ0n) is 10.6. The minimum absolute atomic E-state index is 0.0168. The lowest BCUT2D eigenvalue weighted by Gasteiger charge is -2.08. The number of thioether (sulfide) groups is 1. The van der Waals surface area contributed by atoms with Crippen molar-refractivity contribution >= 4 is 27.7 Å². The van der Waals surface area contributed by atoms with Gasteiger partial charge in [0.1, 0.15) is 5.82 Å². The molecule has 4 heteroatoms. The zero-order valence-corrected chi connectivity index (χ0v) is 13.0. The number of rotatable bonds is 4. The third-order valence-corrected chi connectivity index (χ3v) is 4.32. The summed E-state index contributed by atoms with van der Waals surface area (Å²) in [6, 6.07) is 13.1. The normalized spacial score (nSPS) is 12.4. The Morgan fingerprint density at radius 1 is 1.26 bits per heavy atom. The van der Waals surface area contributed by atoms with Crippen LogP contribution in [0.3, 0.4) is 0 Å². The highest BCUT2D eigenvalue weighted by Crippen LogP contribution is 2.27. The van der Waals surface area contributed by atoms with Crippen molar-refractivity contribution in [3.63, 3.8) is 0 Å². The molecule has 100 valence electrons. The summed E-state index contributed by atoms with van der Waals surface area (Å²) >= 11 is 4.97. The summed E-state index contributed by atoms with van der Waals surface area (Å²) < 4.78 is 14.5. The number of halogens is 2. The van der Waals surface area contributed by atoms with Gasteiger partial charge in [-0.3, -0.25) is 0 Å². The topological polar surface area (TPSA) is 26.0 Å². The van der Waals surface area contributed by atoms with Crippen LogP contribution in [0.5, 0.6) is 0 Å². The smallest absolute Gasteiger partial charge is 0.127 e.